The molecule has 1 heterocycles. The first-order valence-electron chi connectivity index (χ1n) is 12.7. The lowest BCUT2D eigenvalue weighted by atomic mass is 9.59. The van der Waals surface area contributed by atoms with Crippen molar-refractivity contribution in [1.29, 1.82) is 0 Å². The maximum Gasteiger partial charge on any atom is 0.467 e. The molecule has 0 aliphatic carbocycles. The molecular formula is C27H33B3N6O3. The van der Waals surface area contributed by atoms with Crippen LogP contribution in [0.2, 0.25) is 0 Å². The molecule has 1 fully saturated rings. The molecule has 0 bridgehead atoms. The molecular weight excluding hydrogens is 489 g/mol. The van der Waals surface area contributed by atoms with Crippen molar-refractivity contribution in [3.05, 3.63) is 89.5 Å². The van der Waals surface area contributed by atoms with E-state index in [0.717, 1.165) is 33.1 Å². The first-order valence-corrected chi connectivity index (χ1v) is 12.7. The molecule has 0 spiro atoms. The zero-order valence-corrected chi connectivity index (χ0v) is 23.3. The third-order valence-corrected chi connectivity index (χ3v) is 5.77. The Bertz CT molecular complexity index is 1170. The van der Waals surface area contributed by atoms with Crippen molar-refractivity contribution in [3.63, 3.8) is 0 Å². The van der Waals surface area contributed by atoms with Crippen molar-refractivity contribution in [1.82, 2.24) is 15.0 Å². The molecule has 1 saturated heterocycles. The van der Waals surface area contributed by atoms with E-state index in [0.29, 0.717) is 0 Å². The number of hydrogen-bond donors (Lipinski definition) is 0. The molecule has 4 rings (SSSR count). The van der Waals surface area contributed by atoms with E-state index in [1.165, 1.54) is 0 Å². The minimum atomic E-state index is -0.726. The highest BCUT2D eigenvalue weighted by Gasteiger charge is 2.45. The van der Waals surface area contributed by atoms with Crippen LogP contribution in [0.15, 0.2) is 88.1 Å². The predicted molar refractivity (Wildman–Crippen MR) is 163 cm³/mol. The standard InChI is InChI=1S/C27H33B3N6O3/c1-34(2)31-19-22-13-7-10-16-25(22)28-37-29(26-17-11-8-14-23(26)20-32-35(3)4)39-30(38-28)27-18-12-9-15-24(27)21-33-36(5)6/h7-21H,1-6H3/b31-19-,32-20-,33-21+. The molecule has 1 aliphatic rings. The van der Waals surface area contributed by atoms with Gasteiger partial charge in [0, 0.05) is 42.3 Å². The molecule has 0 saturated carbocycles. The Morgan fingerprint density at radius 2 is 0.718 bits per heavy atom. The minimum absolute atomic E-state index is 0.726. The third-order valence-electron chi connectivity index (χ3n) is 5.77. The quantitative estimate of drug-likeness (QED) is 0.237. The second-order valence-electron chi connectivity index (χ2n) is 9.57. The summed E-state index contributed by atoms with van der Waals surface area (Å²) < 4.78 is 19.5. The van der Waals surface area contributed by atoms with Crippen molar-refractivity contribution in [2.45, 2.75) is 0 Å². The van der Waals surface area contributed by atoms with Gasteiger partial charge < -0.3 is 28.7 Å². The molecule has 9 nitrogen and oxygen atoms in total. The molecule has 0 unspecified atom stereocenters. The van der Waals surface area contributed by atoms with Crippen molar-refractivity contribution < 1.29 is 13.7 Å². The van der Waals surface area contributed by atoms with Crippen molar-refractivity contribution in [3.8, 4) is 0 Å². The van der Waals surface area contributed by atoms with Gasteiger partial charge in [0.1, 0.15) is 0 Å². The lowest BCUT2D eigenvalue weighted by Crippen LogP contribution is -2.62. The van der Waals surface area contributed by atoms with Gasteiger partial charge >= 0.3 is 21.4 Å². The first-order chi connectivity index (χ1) is 18.8. The Morgan fingerprint density at radius 3 is 0.974 bits per heavy atom. The van der Waals surface area contributed by atoms with Gasteiger partial charge in [-0.25, -0.2) is 0 Å². The molecule has 3 aromatic carbocycles. The molecule has 3 aromatic rings. The maximum absolute atomic E-state index is 6.51. The Hall–Kier alpha value is -3.86. The summed E-state index contributed by atoms with van der Waals surface area (Å²) in [5, 5.41) is 18.5. The van der Waals surface area contributed by atoms with Gasteiger partial charge in [0.05, 0.1) is 18.6 Å². The fourth-order valence-corrected chi connectivity index (χ4v) is 3.94. The molecule has 0 aromatic heterocycles. The highest BCUT2D eigenvalue weighted by atomic mass is 16.7. The average Bonchev–Trinajstić information content (AvgIpc) is 2.94. The van der Waals surface area contributed by atoms with E-state index in [4.69, 9.17) is 13.7 Å². The van der Waals surface area contributed by atoms with Crippen LogP contribution in [0.25, 0.3) is 0 Å². The van der Waals surface area contributed by atoms with E-state index >= 15 is 0 Å². The summed E-state index contributed by atoms with van der Waals surface area (Å²) in [6.07, 6.45) is 5.41. The Labute approximate surface area is 232 Å². The third kappa shape index (κ3) is 7.60. The number of rotatable bonds is 9. The maximum atomic E-state index is 6.51. The van der Waals surface area contributed by atoms with E-state index < -0.39 is 21.4 Å². The number of hydrazone groups is 3. The van der Waals surface area contributed by atoms with Gasteiger partial charge in [-0.15, -0.1) is 0 Å². The number of hydrogen-bond acceptors (Lipinski definition) is 9. The largest absolute Gasteiger partial charge is 0.467 e. The molecule has 12 heteroatoms. The Balaban J connectivity index is 1.79. The summed E-state index contributed by atoms with van der Waals surface area (Å²) in [6.45, 7) is 0. The minimum Gasteiger partial charge on any atom is -0.445 e. The zero-order chi connectivity index (χ0) is 27.8. The van der Waals surface area contributed by atoms with E-state index in [1.54, 1.807) is 33.7 Å². The normalized spacial score (nSPS) is 14.2. The van der Waals surface area contributed by atoms with Crippen LogP contribution >= 0.6 is 0 Å². The van der Waals surface area contributed by atoms with Crippen molar-refractivity contribution in [2.75, 3.05) is 42.3 Å². The summed E-state index contributed by atoms with van der Waals surface area (Å²) in [4.78, 5) is 0. The number of benzene rings is 3. The SMILES string of the molecule is CN(C)/N=C\c1ccccc1B1OB(c2ccccc2/C=N\N(C)C)OB(c2ccccc2/C=N/N(C)C)O1. The predicted octanol–water partition coefficient (Wildman–Crippen LogP) is 0.923. The van der Waals surface area contributed by atoms with Crippen LogP contribution in [0.1, 0.15) is 16.7 Å². The monoisotopic (exact) mass is 522 g/mol. The number of nitrogens with zero attached hydrogens (tertiary/aromatic N) is 6. The van der Waals surface area contributed by atoms with Crippen LogP contribution in [0.4, 0.5) is 0 Å². The lowest BCUT2D eigenvalue weighted by molar-refractivity contribution is 0.308. The molecule has 0 N–H and O–H groups in total. The van der Waals surface area contributed by atoms with Gasteiger partial charge in [-0.05, 0) is 33.1 Å². The zero-order valence-electron chi connectivity index (χ0n) is 23.3. The van der Waals surface area contributed by atoms with Crippen LogP contribution in [0, 0.1) is 0 Å². The Kier molecular flexibility index (Phi) is 9.59. The smallest absolute Gasteiger partial charge is 0.445 e. The van der Waals surface area contributed by atoms with E-state index in [2.05, 4.69) is 15.3 Å². The lowest BCUT2D eigenvalue weighted by Gasteiger charge is -2.33. The molecule has 1 aliphatic heterocycles. The van der Waals surface area contributed by atoms with Crippen molar-refractivity contribution in [2.24, 2.45) is 15.3 Å². The molecule has 198 valence electrons. The van der Waals surface area contributed by atoms with Crippen molar-refractivity contribution >= 4 is 56.4 Å². The molecule has 39 heavy (non-hydrogen) atoms. The second kappa shape index (κ2) is 13.3. The molecule has 0 amide bonds. The second-order valence-corrected chi connectivity index (χ2v) is 9.57. The summed E-state index contributed by atoms with van der Waals surface area (Å²) in [5.41, 5.74) is 5.21. The van der Waals surface area contributed by atoms with Crippen LogP contribution in [0.3, 0.4) is 0 Å². The van der Waals surface area contributed by atoms with Crippen LogP contribution in [-0.4, -0.2) is 97.3 Å². The molecule has 0 radical (unpaired) electrons. The highest BCUT2D eigenvalue weighted by Crippen LogP contribution is 2.14. The van der Waals surface area contributed by atoms with Crippen LogP contribution in [-0.2, 0) is 13.7 Å². The highest BCUT2D eigenvalue weighted by molar-refractivity contribution is 6.88. The fourth-order valence-electron chi connectivity index (χ4n) is 3.94. The van der Waals surface area contributed by atoms with E-state index in [9.17, 15) is 0 Å². The summed E-state index contributed by atoms with van der Waals surface area (Å²) >= 11 is 0. The average molecular weight is 522 g/mol. The molecule has 0 atom stereocenters. The fraction of sp³-hybridized carbons (Fsp3) is 0.222. The van der Waals surface area contributed by atoms with Crippen LogP contribution < -0.4 is 16.4 Å². The summed E-state index contributed by atoms with van der Waals surface area (Å²) in [7, 11) is 9.10. The van der Waals surface area contributed by atoms with Gasteiger partial charge in [0.25, 0.3) is 0 Å². The summed E-state index contributed by atoms with van der Waals surface area (Å²) in [6, 6.07) is 23.7. The Morgan fingerprint density at radius 1 is 0.462 bits per heavy atom. The van der Waals surface area contributed by atoms with E-state index in [-0.39, 0.29) is 0 Å². The van der Waals surface area contributed by atoms with E-state index in [1.807, 2.05) is 115 Å². The van der Waals surface area contributed by atoms with Gasteiger partial charge in [-0.3, -0.25) is 0 Å². The van der Waals surface area contributed by atoms with Gasteiger partial charge in [0.15, 0.2) is 0 Å². The van der Waals surface area contributed by atoms with Gasteiger partial charge in [-0.1, -0.05) is 72.8 Å². The first kappa shape index (κ1) is 28.2. The van der Waals surface area contributed by atoms with Gasteiger partial charge in [0.2, 0.25) is 0 Å². The summed E-state index contributed by atoms with van der Waals surface area (Å²) in [5.74, 6) is 0. The van der Waals surface area contributed by atoms with Crippen LogP contribution in [0.5, 0.6) is 0 Å². The van der Waals surface area contributed by atoms with Gasteiger partial charge in [-0.2, -0.15) is 15.3 Å². The topological polar surface area (TPSA) is 74.5 Å².